The van der Waals surface area contributed by atoms with E-state index < -0.39 is 0 Å². The summed E-state index contributed by atoms with van der Waals surface area (Å²) in [4.78, 5) is 25.0. The van der Waals surface area contributed by atoms with Gasteiger partial charge in [-0.05, 0) is 35.5 Å². The van der Waals surface area contributed by atoms with Gasteiger partial charge in [0, 0.05) is 6.07 Å². The highest BCUT2D eigenvalue weighted by Gasteiger charge is 2.05. The third-order valence-corrected chi connectivity index (χ3v) is 2.18. The van der Waals surface area contributed by atoms with E-state index in [0.29, 0.717) is 11.5 Å². The Morgan fingerprint density at radius 1 is 1.06 bits per heavy atom. The molecule has 2 N–H and O–H groups in total. The van der Waals surface area contributed by atoms with Crippen LogP contribution >= 0.6 is 0 Å². The van der Waals surface area contributed by atoms with Gasteiger partial charge in [0.2, 0.25) is 5.43 Å². The zero-order valence-corrected chi connectivity index (χ0v) is 8.88. The maximum absolute atomic E-state index is 11.7. The predicted octanol–water partition coefficient (Wildman–Crippen LogP) is 2.00. The Balaban J connectivity index is 2.37. The maximum atomic E-state index is 11.7. The van der Waals surface area contributed by atoms with Crippen LogP contribution in [0.15, 0.2) is 58.6 Å². The molecule has 0 atom stereocenters. The van der Waals surface area contributed by atoms with Crippen molar-refractivity contribution in [3.63, 3.8) is 0 Å². The summed E-state index contributed by atoms with van der Waals surface area (Å²) in [5.41, 5.74) is 0.381. The maximum Gasteiger partial charge on any atom is 0.277 e. The standard InChI is InChI=1S/C12H9N3O2/c16-11-7-5-9(15-17)4-6-10(11)14-12-3-1-2-8-13-12/h1-8H,(H,13,14,16)/p+1. The third kappa shape index (κ3) is 2.72. The van der Waals surface area contributed by atoms with Crippen molar-refractivity contribution in [1.82, 2.24) is 0 Å². The van der Waals surface area contributed by atoms with Gasteiger partial charge in [0.25, 0.3) is 5.82 Å². The Kier molecular flexibility index (Phi) is 3.20. The molecule has 1 aromatic carbocycles. The van der Waals surface area contributed by atoms with Crippen LogP contribution in [0.3, 0.4) is 0 Å². The zero-order chi connectivity index (χ0) is 12.1. The molecule has 2 aromatic rings. The molecule has 2 rings (SSSR count). The number of nitrogens with zero attached hydrogens (tertiary/aromatic N) is 1. The van der Waals surface area contributed by atoms with Gasteiger partial charge in [-0.25, -0.2) is 10.3 Å². The molecule has 0 saturated heterocycles. The SMILES string of the molecule is O=Nc1ccc(Nc2cccc[nH+]2)c(=O)cc1. The summed E-state index contributed by atoms with van der Waals surface area (Å²) in [6.07, 6.45) is 1.74. The number of H-pyrrole nitrogens is 1. The quantitative estimate of drug-likeness (QED) is 0.816. The number of hydrogen-bond donors (Lipinski definition) is 1. The summed E-state index contributed by atoms with van der Waals surface area (Å²) < 4.78 is 0. The van der Waals surface area contributed by atoms with Gasteiger partial charge in [-0.15, -0.1) is 4.91 Å². The molecule has 0 aliphatic rings. The fourth-order valence-electron chi connectivity index (χ4n) is 1.34. The van der Waals surface area contributed by atoms with E-state index in [0.717, 1.165) is 0 Å². The number of hydrogen-bond acceptors (Lipinski definition) is 4. The summed E-state index contributed by atoms with van der Waals surface area (Å²) in [7, 11) is 0. The molecule has 0 bridgehead atoms. The molecule has 17 heavy (non-hydrogen) atoms. The summed E-state index contributed by atoms with van der Waals surface area (Å²) in [5.74, 6) is 0.691. The molecule has 0 spiro atoms. The van der Waals surface area contributed by atoms with Gasteiger partial charge in [0.05, 0.1) is 6.20 Å². The second-order valence-corrected chi connectivity index (χ2v) is 3.36. The minimum atomic E-state index is -0.211. The van der Waals surface area contributed by atoms with E-state index >= 15 is 0 Å². The molecule has 0 amide bonds. The summed E-state index contributed by atoms with van der Waals surface area (Å²) in [6.45, 7) is 0. The van der Waals surface area contributed by atoms with Crippen molar-refractivity contribution < 1.29 is 4.98 Å². The van der Waals surface area contributed by atoms with Crippen molar-refractivity contribution in [1.29, 1.82) is 0 Å². The van der Waals surface area contributed by atoms with Gasteiger partial charge in [0.1, 0.15) is 5.69 Å². The second kappa shape index (κ2) is 4.98. The number of anilines is 2. The molecule has 5 nitrogen and oxygen atoms in total. The van der Waals surface area contributed by atoms with Crippen molar-refractivity contribution in [2.75, 3.05) is 5.32 Å². The lowest BCUT2D eigenvalue weighted by Crippen LogP contribution is -2.12. The van der Waals surface area contributed by atoms with Crippen molar-refractivity contribution >= 4 is 17.2 Å². The summed E-state index contributed by atoms with van der Waals surface area (Å²) in [6, 6.07) is 11.2. The van der Waals surface area contributed by atoms with E-state index in [1.165, 1.54) is 24.3 Å². The molecule has 0 saturated carbocycles. The Labute approximate surface area is 97.1 Å². The molecule has 0 fully saturated rings. The van der Waals surface area contributed by atoms with E-state index in [1.54, 1.807) is 12.3 Å². The van der Waals surface area contributed by atoms with Crippen LogP contribution in [0, 0.1) is 4.91 Å². The Hall–Kier alpha value is -2.56. The first-order valence-corrected chi connectivity index (χ1v) is 5.01. The molecule has 84 valence electrons. The van der Waals surface area contributed by atoms with Gasteiger partial charge < -0.3 is 0 Å². The van der Waals surface area contributed by atoms with E-state index in [-0.39, 0.29) is 11.1 Å². The lowest BCUT2D eigenvalue weighted by molar-refractivity contribution is -0.360. The zero-order valence-electron chi connectivity index (χ0n) is 8.88. The van der Waals surface area contributed by atoms with E-state index in [4.69, 9.17) is 0 Å². The number of aromatic nitrogens is 1. The molecule has 0 aliphatic carbocycles. The highest BCUT2D eigenvalue weighted by atomic mass is 16.3. The number of rotatable bonds is 3. The molecule has 1 aromatic heterocycles. The lowest BCUT2D eigenvalue weighted by Gasteiger charge is -1.93. The van der Waals surface area contributed by atoms with Crippen molar-refractivity contribution in [2.24, 2.45) is 5.18 Å². The molecular formula is C12H10N3O2+. The lowest BCUT2D eigenvalue weighted by atomic mass is 10.4. The Morgan fingerprint density at radius 2 is 1.88 bits per heavy atom. The van der Waals surface area contributed by atoms with Gasteiger partial charge >= 0.3 is 0 Å². The first-order chi connectivity index (χ1) is 8.29. The minimum absolute atomic E-state index is 0.211. The molecule has 1 heterocycles. The van der Waals surface area contributed by atoms with Crippen molar-refractivity contribution in [3.05, 3.63) is 63.8 Å². The predicted molar refractivity (Wildman–Crippen MR) is 64.4 cm³/mol. The first-order valence-electron chi connectivity index (χ1n) is 5.01. The smallest absolute Gasteiger partial charge is 0.277 e. The minimum Gasteiger partial charge on any atom is -0.285 e. The van der Waals surface area contributed by atoms with Crippen molar-refractivity contribution in [2.45, 2.75) is 0 Å². The van der Waals surface area contributed by atoms with Crippen LogP contribution in [0.2, 0.25) is 0 Å². The monoisotopic (exact) mass is 228 g/mol. The molecule has 0 aliphatic heterocycles. The molecule has 5 heteroatoms. The Bertz CT molecular complexity index is 585. The average Bonchev–Trinajstić information content (AvgIpc) is 2.54. The van der Waals surface area contributed by atoms with Crippen LogP contribution in [-0.4, -0.2) is 0 Å². The fraction of sp³-hybridized carbons (Fsp3) is 0. The highest BCUT2D eigenvalue weighted by molar-refractivity contribution is 5.55. The largest absolute Gasteiger partial charge is 0.285 e. The van der Waals surface area contributed by atoms with E-state index in [2.05, 4.69) is 15.5 Å². The average molecular weight is 228 g/mol. The summed E-state index contributed by atoms with van der Waals surface area (Å²) in [5, 5.41) is 5.71. The molecule has 0 unspecified atom stereocenters. The van der Waals surface area contributed by atoms with Crippen LogP contribution in [-0.2, 0) is 0 Å². The molecular weight excluding hydrogens is 218 g/mol. The van der Waals surface area contributed by atoms with Gasteiger partial charge in [-0.2, -0.15) is 0 Å². The van der Waals surface area contributed by atoms with Crippen LogP contribution in [0.4, 0.5) is 17.2 Å². The van der Waals surface area contributed by atoms with Crippen LogP contribution < -0.4 is 15.7 Å². The Morgan fingerprint density at radius 3 is 2.59 bits per heavy atom. The third-order valence-electron chi connectivity index (χ3n) is 2.18. The van der Waals surface area contributed by atoms with E-state index in [9.17, 15) is 9.70 Å². The number of aromatic amines is 1. The van der Waals surface area contributed by atoms with Gasteiger partial charge in [-0.3, -0.25) is 4.79 Å². The number of nitroso groups, excluding NO2 is 1. The highest BCUT2D eigenvalue weighted by Crippen LogP contribution is 2.11. The second-order valence-electron chi connectivity index (χ2n) is 3.36. The van der Waals surface area contributed by atoms with Gasteiger partial charge in [-0.1, -0.05) is 6.07 Å². The summed E-state index contributed by atoms with van der Waals surface area (Å²) >= 11 is 0. The van der Waals surface area contributed by atoms with Crippen LogP contribution in [0.25, 0.3) is 0 Å². The van der Waals surface area contributed by atoms with Crippen LogP contribution in [0.5, 0.6) is 0 Å². The molecule has 0 radical (unpaired) electrons. The van der Waals surface area contributed by atoms with Crippen LogP contribution in [0.1, 0.15) is 0 Å². The number of pyridine rings is 1. The fourth-order valence-corrected chi connectivity index (χ4v) is 1.34. The van der Waals surface area contributed by atoms with E-state index in [1.807, 2.05) is 12.1 Å². The number of nitrogens with one attached hydrogen (secondary N) is 2. The normalized spacial score (nSPS) is 9.65. The van der Waals surface area contributed by atoms with Gasteiger partial charge in [0.15, 0.2) is 5.69 Å². The topological polar surface area (TPSA) is 72.7 Å². The first kappa shape index (κ1) is 10.9. The van der Waals surface area contributed by atoms with Crippen molar-refractivity contribution in [3.8, 4) is 0 Å².